The number of rotatable bonds is 3. The minimum Gasteiger partial charge on any atom is -0.288 e. The van der Waals surface area contributed by atoms with Crippen LogP contribution in [0.1, 0.15) is 15.9 Å². The lowest BCUT2D eigenvalue weighted by Gasteiger charge is -2.05. The minimum absolute atomic E-state index is 0.102. The van der Waals surface area contributed by atoms with Crippen molar-refractivity contribution in [1.29, 1.82) is 0 Å². The van der Waals surface area contributed by atoms with Gasteiger partial charge in [-0.05, 0) is 23.3 Å². The fraction of sp³-hybridized carbons (Fsp3) is 0. The van der Waals surface area contributed by atoms with Crippen LogP contribution in [0.15, 0.2) is 78.9 Å². The molecule has 21 heavy (non-hydrogen) atoms. The second-order valence-corrected chi connectivity index (χ2v) is 4.75. The monoisotopic (exact) mass is 276 g/mol. The standard InChI is InChI=1S/C19H13FO/c20-18-9-5-4-8-17(18)19(21)16-12-10-15(11-13-16)14-6-2-1-3-7-14/h1-13H. The average Bonchev–Trinajstić information content (AvgIpc) is 2.56. The number of hydrogen-bond donors (Lipinski definition) is 0. The third-order valence-electron chi connectivity index (χ3n) is 3.37. The van der Waals surface area contributed by atoms with E-state index in [0.717, 1.165) is 11.1 Å². The number of carbonyl (C=O) groups excluding carboxylic acids is 1. The highest BCUT2D eigenvalue weighted by molar-refractivity contribution is 6.09. The molecule has 1 nitrogen and oxygen atoms in total. The highest BCUT2D eigenvalue weighted by Gasteiger charge is 2.13. The summed E-state index contributed by atoms with van der Waals surface area (Å²) < 4.78 is 13.6. The molecule has 0 spiro atoms. The summed E-state index contributed by atoms with van der Waals surface area (Å²) in [6, 6.07) is 23.2. The summed E-state index contributed by atoms with van der Waals surface area (Å²) in [6.07, 6.45) is 0. The molecule has 0 N–H and O–H groups in total. The van der Waals surface area contributed by atoms with E-state index in [-0.39, 0.29) is 11.3 Å². The van der Waals surface area contributed by atoms with Crippen LogP contribution in [0.25, 0.3) is 11.1 Å². The Morgan fingerprint density at radius 1 is 0.667 bits per heavy atom. The zero-order valence-corrected chi connectivity index (χ0v) is 11.3. The molecule has 0 amide bonds. The molecule has 0 aromatic heterocycles. The van der Waals surface area contributed by atoms with Crippen molar-refractivity contribution in [3.8, 4) is 11.1 Å². The third-order valence-corrected chi connectivity index (χ3v) is 3.37. The summed E-state index contributed by atoms with van der Waals surface area (Å²) in [7, 11) is 0. The Balaban J connectivity index is 1.91. The maximum absolute atomic E-state index is 13.6. The largest absolute Gasteiger partial charge is 0.288 e. The summed E-state index contributed by atoms with van der Waals surface area (Å²) in [5, 5.41) is 0. The van der Waals surface area contributed by atoms with Gasteiger partial charge in [-0.2, -0.15) is 0 Å². The molecule has 0 saturated heterocycles. The van der Waals surface area contributed by atoms with Gasteiger partial charge in [0.2, 0.25) is 0 Å². The smallest absolute Gasteiger partial charge is 0.195 e. The summed E-state index contributed by atoms with van der Waals surface area (Å²) in [4.78, 5) is 12.3. The van der Waals surface area contributed by atoms with Crippen molar-refractivity contribution in [2.45, 2.75) is 0 Å². The maximum Gasteiger partial charge on any atom is 0.195 e. The average molecular weight is 276 g/mol. The number of ketones is 1. The molecule has 0 aliphatic carbocycles. The highest BCUT2D eigenvalue weighted by Crippen LogP contribution is 2.21. The lowest BCUT2D eigenvalue weighted by Crippen LogP contribution is -2.03. The Bertz CT molecular complexity index is 761. The third kappa shape index (κ3) is 2.75. The van der Waals surface area contributed by atoms with Crippen molar-refractivity contribution in [2.24, 2.45) is 0 Å². The second kappa shape index (κ2) is 5.71. The lowest BCUT2D eigenvalue weighted by atomic mass is 9.99. The van der Waals surface area contributed by atoms with Gasteiger partial charge in [0, 0.05) is 5.56 Å². The Labute approximate surface area is 122 Å². The first kappa shape index (κ1) is 13.3. The molecular formula is C19H13FO. The van der Waals surface area contributed by atoms with Crippen molar-refractivity contribution in [2.75, 3.05) is 0 Å². The molecule has 0 radical (unpaired) electrons. The first-order valence-electron chi connectivity index (χ1n) is 6.70. The van der Waals surface area contributed by atoms with Gasteiger partial charge in [-0.25, -0.2) is 4.39 Å². The van der Waals surface area contributed by atoms with E-state index >= 15 is 0 Å². The maximum atomic E-state index is 13.6. The van der Waals surface area contributed by atoms with E-state index in [1.165, 1.54) is 12.1 Å². The van der Waals surface area contributed by atoms with Gasteiger partial charge in [-0.15, -0.1) is 0 Å². The lowest BCUT2D eigenvalue weighted by molar-refractivity contribution is 0.103. The highest BCUT2D eigenvalue weighted by atomic mass is 19.1. The number of carbonyl (C=O) groups is 1. The van der Waals surface area contributed by atoms with Crippen molar-refractivity contribution in [1.82, 2.24) is 0 Å². The van der Waals surface area contributed by atoms with Gasteiger partial charge in [0.05, 0.1) is 5.56 Å². The van der Waals surface area contributed by atoms with Crippen LogP contribution in [-0.2, 0) is 0 Å². The Kier molecular flexibility index (Phi) is 3.61. The van der Waals surface area contributed by atoms with Gasteiger partial charge in [-0.1, -0.05) is 66.7 Å². The zero-order valence-electron chi connectivity index (χ0n) is 11.3. The number of hydrogen-bond acceptors (Lipinski definition) is 1. The van der Waals surface area contributed by atoms with Crippen LogP contribution in [0.5, 0.6) is 0 Å². The molecule has 0 atom stereocenters. The SMILES string of the molecule is O=C(c1ccc(-c2ccccc2)cc1)c1ccccc1F. The van der Waals surface area contributed by atoms with Gasteiger partial charge < -0.3 is 0 Å². The summed E-state index contributed by atoms with van der Waals surface area (Å²) in [5.41, 5.74) is 2.70. The molecule has 102 valence electrons. The van der Waals surface area contributed by atoms with E-state index in [0.29, 0.717) is 5.56 Å². The molecule has 0 saturated carbocycles. The molecule has 2 heteroatoms. The predicted octanol–water partition coefficient (Wildman–Crippen LogP) is 4.72. The van der Waals surface area contributed by atoms with Crippen LogP contribution in [0.2, 0.25) is 0 Å². The van der Waals surface area contributed by atoms with Crippen LogP contribution in [0, 0.1) is 5.82 Å². The van der Waals surface area contributed by atoms with E-state index in [2.05, 4.69) is 0 Å². The van der Waals surface area contributed by atoms with E-state index in [4.69, 9.17) is 0 Å². The summed E-state index contributed by atoms with van der Waals surface area (Å²) >= 11 is 0. The Hall–Kier alpha value is -2.74. The van der Waals surface area contributed by atoms with Crippen LogP contribution in [0.3, 0.4) is 0 Å². The van der Waals surface area contributed by atoms with Crippen LogP contribution in [-0.4, -0.2) is 5.78 Å². The molecule has 0 aliphatic rings. The van der Waals surface area contributed by atoms with Gasteiger partial charge in [0.25, 0.3) is 0 Å². The Morgan fingerprint density at radius 2 is 1.24 bits per heavy atom. The zero-order chi connectivity index (χ0) is 14.7. The molecule has 3 aromatic rings. The quantitative estimate of drug-likeness (QED) is 0.632. The van der Waals surface area contributed by atoms with Gasteiger partial charge in [-0.3, -0.25) is 4.79 Å². The fourth-order valence-corrected chi connectivity index (χ4v) is 2.25. The van der Waals surface area contributed by atoms with E-state index in [1.807, 2.05) is 42.5 Å². The van der Waals surface area contributed by atoms with Crippen LogP contribution < -0.4 is 0 Å². The summed E-state index contributed by atoms with van der Waals surface area (Å²) in [6.45, 7) is 0. The van der Waals surface area contributed by atoms with Crippen molar-refractivity contribution in [3.05, 3.63) is 95.8 Å². The molecule has 0 heterocycles. The molecule has 0 unspecified atom stereocenters. The summed E-state index contributed by atoms with van der Waals surface area (Å²) in [5.74, 6) is -0.789. The van der Waals surface area contributed by atoms with E-state index in [9.17, 15) is 9.18 Å². The van der Waals surface area contributed by atoms with E-state index < -0.39 is 5.82 Å². The first-order chi connectivity index (χ1) is 10.3. The molecule has 0 aliphatic heterocycles. The second-order valence-electron chi connectivity index (χ2n) is 4.75. The Morgan fingerprint density at radius 3 is 1.90 bits per heavy atom. The molecule has 0 fully saturated rings. The molecular weight excluding hydrogens is 263 g/mol. The number of benzene rings is 3. The minimum atomic E-state index is -0.491. The molecule has 3 aromatic carbocycles. The van der Waals surface area contributed by atoms with Crippen molar-refractivity contribution in [3.63, 3.8) is 0 Å². The normalized spacial score (nSPS) is 10.3. The van der Waals surface area contributed by atoms with Crippen molar-refractivity contribution >= 4 is 5.78 Å². The van der Waals surface area contributed by atoms with E-state index in [1.54, 1.807) is 24.3 Å². The van der Waals surface area contributed by atoms with Crippen molar-refractivity contribution < 1.29 is 9.18 Å². The van der Waals surface area contributed by atoms with Crippen LogP contribution >= 0.6 is 0 Å². The molecule has 3 rings (SSSR count). The fourth-order valence-electron chi connectivity index (χ4n) is 2.25. The van der Waals surface area contributed by atoms with Gasteiger partial charge in [0.1, 0.15) is 5.82 Å². The number of halogens is 1. The van der Waals surface area contributed by atoms with Gasteiger partial charge >= 0.3 is 0 Å². The first-order valence-corrected chi connectivity index (χ1v) is 6.70. The van der Waals surface area contributed by atoms with Gasteiger partial charge in [0.15, 0.2) is 5.78 Å². The topological polar surface area (TPSA) is 17.1 Å². The predicted molar refractivity (Wildman–Crippen MR) is 81.7 cm³/mol. The molecule has 0 bridgehead atoms. The van der Waals surface area contributed by atoms with Crippen LogP contribution in [0.4, 0.5) is 4.39 Å².